The first kappa shape index (κ1) is 15.7. The number of nitrogens with two attached hydrogens (primary N) is 1. The zero-order valence-electron chi connectivity index (χ0n) is 10.1. The first-order valence-electron chi connectivity index (χ1n) is 5.96. The predicted molar refractivity (Wildman–Crippen MR) is 75.0 cm³/mol. The van der Waals surface area contributed by atoms with E-state index in [2.05, 4.69) is 0 Å². The predicted octanol–water partition coefficient (Wildman–Crippen LogP) is 2.21. The third-order valence-corrected chi connectivity index (χ3v) is 3.94. The summed E-state index contributed by atoms with van der Waals surface area (Å²) in [6, 6.07) is 7.26. The molecule has 18 heavy (non-hydrogen) atoms. The van der Waals surface area contributed by atoms with Gasteiger partial charge in [0.05, 0.1) is 11.6 Å². The summed E-state index contributed by atoms with van der Waals surface area (Å²) in [5, 5.41) is 20.6. The molecule has 102 valence electrons. The van der Waals surface area contributed by atoms with E-state index in [-0.39, 0.29) is 12.4 Å². The van der Waals surface area contributed by atoms with Crippen LogP contribution in [-0.2, 0) is 5.54 Å². The molecule has 5 heteroatoms. The smallest absolute Gasteiger partial charge is 0.102 e. The Morgan fingerprint density at radius 3 is 2.56 bits per heavy atom. The van der Waals surface area contributed by atoms with E-state index in [9.17, 15) is 10.2 Å². The van der Waals surface area contributed by atoms with Crippen molar-refractivity contribution in [3.05, 3.63) is 34.9 Å². The molecule has 1 saturated carbocycles. The average Bonchev–Trinajstić information content (AvgIpc) is 2.44. The molecule has 0 spiro atoms. The zero-order valence-corrected chi connectivity index (χ0v) is 11.6. The van der Waals surface area contributed by atoms with E-state index in [0.29, 0.717) is 17.9 Å². The van der Waals surface area contributed by atoms with Gasteiger partial charge in [-0.25, -0.2) is 0 Å². The minimum absolute atomic E-state index is 0. The van der Waals surface area contributed by atoms with Gasteiger partial charge in [-0.3, -0.25) is 0 Å². The lowest BCUT2D eigenvalue weighted by Crippen LogP contribution is -2.52. The van der Waals surface area contributed by atoms with Gasteiger partial charge in [0.15, 0.2) is 0 Å². The molecule has 0 saturated heterocycles. The van der Waals surface area contributed by atoms with Crippen LogP contribution in [0.1, 0.15) is 31.2 Å². The van der Waals surface area contributed by atoms with Crippen LogP contribution >= 0.6 is 24.0 Å². The third-order valence-electron chi connectivity index (χ3n) is 3.61. The SMILES string of the molecule is Cl.NC1(c2ccccc2Cl)CCCCC(O)C1O. The fourth-order valence-corrected chi connectivity index (χ4v) is 2.86. The Balaban J connectivity index is 0.00000162. The minimum atomic E-state index is -0.968. The minimum Gasteiger partial charge on any atom is -0.390 e. The van der Waals surface area contributed by atoms with Gasteiger partial charge in [0, 0.05) is 5.02 Å². The molecule has 1 aliphatic rings. The van der Waals surface area contributed by atoms with Crippen molar-refractivity contribution in [3.63, 3.8) is 0 Å². The summed E-state index contributed by atoms with van der Waals surface area (Å²) in [4.78, 5) is 0. The summed E-state index contributed by atoms with van der Waals surface area (Å²) in [7, 11) is 0. The number of rotatable bonds is 1. The van der Waals surface area contributed by atoms with Gasteiger partial charge in [-0.05, 0) is 24.5 Å². The van der Waals surface area contributed by atoms with Crippen LogP contribution in [0.3, 0.4) is 0 Å². The maximum Gasteiger partial charge on any atom is 0.102 e. The molecule has 1 aromatic rings. The Kier molecular flexibility index (Phi) is 5.44. The molecular formula is C13H19Cl2NO2. The normalized spacial score (nSPS) is 32.4. The zero-order chi connectivity index (χ0) is 12.5. The fourth-order valence-electron chi connectivity index (χ4n) is 2.55. The van der Waals surface area contributed by atoms with Gasteiger partial charge in [-0.2, -0.15) is 0 Å². The van der Waals surface area contributed by atoms with Gasteiger partial charge in [0.1, 0.15) is 6.10 Å². The Bertz CT molecular complexity index is 402. The molecule has 0 radical (unpaired) electrons. The van der Waals surface area contributed by atoms with Gasteiger partial charge >= 0.3 is 0 Å². The van der Waals surface area contributed by atoms with Crippen LogP contribution in [0.25, 0.3) is 0 Å². The van der Waals surface area contributed by atoms with Crippen LogP contribution in [-0.4, -0.2) is 22.4 Å². The summed E-state index contributed by atoms with van der Waals surface area (Å²) in [5.74, 6) is 0. The number of benzene rings is 1. The van der Waals surface area contributed by atoms with Crippen molar-refractivity contribution in [1.82, 2.24) is 0 Å². The van der Waals surface area contributed by atoms with Crippen molar-refractivity contribution in [1.29, 1.82) is 0 Å². The fraction of sp³-hybridized carbons (Fsp3) is 0.538. The van der Waals surface area contributed by atoms with E-state index in [1.165, 1.54) is 0 Å². The van der Waals surface area contributed by atoms with Crippen molar-refractivity contribution in [2.24, 2.45) is 5.73 Å². The quantitative estimate of drug-likeness (QED) is 0.695. The molecule has 2 rings (SSSR count). The molecule has 1 fully saturated rings. The van der Waals surface area contributed by atoms with Gasteiger partial charge < -0.3 is 15.9 Å². The highest BCUT2D eigenvalue weighted by atomic mass is 35.5. The standard InChI is InChI=1S/C13H18ClNO2.ClH/c14-10-6-2-1-5-9(10)13(15)8-4-3-7-11(16)12(13)17;/h1-2,5-6,11-12,16-17H,3-4,7-8,15H2;1H. The number of aliphatic hydroxyl groups excluding tert-OH is 2. The number of hydrogen-bond donors (Lipinski definition) is 3. The van der Waals surface area contributed by atoms with Crippen LogP contribution < -0.4 is 5.73 Å². The van der Waals surface area contributed by atoms with E-state index in [1.807, 2.05) is 18.2 Å². The highest BCUT2D eigenvalue weighted by Crippen LogP contribution is 2.37. The molecule has 4 N–H and O–H groups in total. The van der Waals surface area contributed by atoms with Crippen LogP contribution in [0.5, 0.6) is 0 Å². The molecule has 3 unspecified atom stereocenters. The van der Waals surface area contributed by atoms with Gasteiger partial charge in [0.2, 0.25) is 0 Å². The summed E-state index contributed by atoms with van der Waals surface area (Å²) in [6.45, 7) is 0. The Hall–Kier alpha value is -0.320. The summed E-state index contributed by atoms with van der Waals surface area (Å²) >= 11 is 6.14. The highest BCUT2D eigenvalue weighted by molar-refractivity contribution is 6.31. The van der Waals surface area contributed by atoms with Crippen LogP contribution in [0, 0.1) is 0 Å². The molecule has 1 aliphatic carbocycles. The molecule has 1 aromatic carbocycles. The first-order valence-corrected chi connectivity index (χ1v) is 6.33. The van der Waals surface area contributed by atoms with E-state index < -0.39 is 17.7 Å². The first-order chi connectivity index (χ1) is 8.05. The Labute approximate surface area is 118 Å². The lowest BCUT2D eigenvalue weighted by molar-refractivity contribution is -0.0285. The molecule has 0 aromatic heterocycles. The molecule has 0 heterocycles. The van der Waals surface area contributed by atoms with Crippen molar-refractivity contribution in [2.45, 2.75) is 43.4 Å². The van der Waals surface area contributed by atoms with Gasteiger partial charge in [-0.15, -0.1) is 12.4 Å². The van der Waals surface area contributed by atoms with Gasteiger partial charge in [-0.1, -0.05) is 42.6 Å². The second kappa shape index (κ2) is 6.22. The second-order valence-corrected chi connectivity index (χ2v) is 5.19. The topological polar surface area (TPSA) is 66.5 Å². The molecular weight excluding hydrogens is 273 g/mol. The number of aliphatic hydroxyl groups is 2. The van der Waals surface area contributed by atoms with E-state index >= 15 is 0 Å². The summed E-state index contributed by atoms with van der Waals surface area (Å²) in [6.07, 6.45) is 1.24. The lowest BCUT2D eigenvalue weighted by atomic mass is 9.81. The molecule has 0 aliphatic heterocycles. The van der Waals surface area contributed by atoms with Gasteiger partial charge in [0.25, 0.3) is 0 Å². The number of halogens is 2. The second-order valence-electron chi connectivity index (χ2n) is 4.78. The van der Waals surface area contributed by atoms with Crippen LogP contribution in [0.4, 0.5) is 0 Å². The van der Waals surface area contributed by atoms with Crippen LogP contribution in [0.15, 0.2) is 24.3 Å². The van der Waals surface area contributed by atoms with Crippen molar-refractivity contribution >= 4 is 24.0 Å². The summed E-state index contributed by atoms with van der Waals surface area (Å²) < 4.78 is 0. The number of hydrogen-bond acceptors (Lipinski definition) is 3. The maximum absolute atomic E-state index is 10.2. The molecule has 3 atom stereocenters. The Morgan fingerprint density at radius 1 is 1.22 bits per heavy atom. The third kappa shape index (κ3) is 2.81. The van der Waals surface area contributed by atoms with E-state index in [4.69, 9.17) is 17.3 Å². The van der Waals surface area contributed by atoms with Crippen LogP contribution in [0.2, 0.25) is 5.02 Å². The molecule has 0 amide bonds. The summed E-state index contributed by atoms with van der Waals surface area (Å²) in [5.41, 5.74) is 6.09. The largest absolute Gasteiger partial charge is 0.390 e. The van der Waals surface area contributed by atoms with E-state index in [1.54, 1.807) is 6.07 Å². The maximum atomic E-state index is 10.2. The van der Waals surface area contributed by atoms with E-state index in [0.717, 1.165) is 18.4 Å². The van der Waals surface area contributed by atoms with Crippen molar-refractivity contribution in [2.75, 3.05) is 0 Å². The van der Waals surface area contributed by atoms with Crippen molar-refractivity contribution in [3.8, 4) is 0 Å². The average molecular weight is 292 g/mol. The van der Waals surface area contributed by atoms with Crippen molar-refractivity contribution < 1.29 is 10.2 Å². The lowest BCUT2D eigenvalue weighted by Gasteiger charge is -2.36. The molecule has 3 nitrogen and oxygen atoms in total. The Morgan fingerprint density at radius 2 is 1.89 bits per heavy atom. The molecule has 0 bridgehead atoms. The monoisotopic (exact) mass is 291 g/mol. The highest BCUT2D eigenvalue weighted by Gasteiger charge is 2.42.